The number of aromatic nitrogens is 3. The molecule has 0 bridgehead atoms. The number of aryl methyl sites for hydroxylation is 3. The van der Waals surface area contributed by atoms with Gasteiger partial charge in [0.05, 0.1) is 5.69 Å². The molecule has 1 heterocycles. The number of amides is 2. The number of nitrogens with one attached hydrogen (secondary N) is 2. The largest absolute Gasteiger partial charge is 0.324 e. The smallest absolute Gasteiger partial charge is 0.278 e. The van der Waals surface area contributed by atoms with Gasteiger partial charge in [0, 0.05) is 11.4 Å². The van der Waals surface area contributed by atoms with Gasteiger partial charge in [0.15, 0.2) is 5.69 Å². The van der Waals surface area contributed by atoms with Crippen molar-refractivity contribution in [3.63, 3.8) is 0 Å². The molecule has 0 spiro atoms. The Morgan fingerprint density at radius 2 is 1.57 bits per heavy atom. The first kappa shape index (κ1) is 19.3. The lowest BCUT2D eigenvalue weighted by atomic mass is 10.1. The zero-order valence-electron chi connectivity index (χ0n) is 16.4. The topological polar surface area (TPSA) is 88.9 Å². The molecule has 3 rings (SSSR count). The van der Waals surface area contributed by atoms with Crippen molar-refractivity contribution in [2.45, 2.75) is 34.2 Å². The minimum atomic E-state index is -0.347. The summed E-state index contributed by atoms with van der Waals surface area (Å²) in [6.07, 6.45) is 0. The van der Waals surface area contributed by atoms with Gasteiger partial charge in [-0.15, -0.1) is 5.10 Å². The molecule has 0 saturated heterocycles. The molecule has 28 heavy (non-hydrogen) atoms. The monoisotopic (exact) mass is 377 g/mol. The van der Waals surface area contributed by atoms with Gasteiger partial charge >= 0.3 is 0 Å². The highest BCUT2D eigenvalue weighted by Gasteiger charge is 2.19. The zero-order valence-corrected chi connectivity index (χ0v) is 16.4. The van der Waals surface area contributed by atoms with Crippen LogP contribution >= 0.6 is 0 Å². The molecule has 2 aromatic carbocycles. The lowest BCUT2D eigenvalue weighted by Gasteiger charge is -2.10. The summed E-state index contributed by atoms with van der Waals surface area (Å²) in [5.74, 6) is -0.585. The number of benzene rings is 2. The molecule has 0 atom stereocenters. The third-order valence-corrected chi connectivity index (χ3v) is 4.55. The van der Waals surface area contributed by atoms with Crippen molar-refractivity contribution >= 4 is 23.2 Å². The number of hydrogen-bond donors (Lipinski definition) is 2. The van der Waals surface area contributed by atoms with E-state index in [1.807, 2.05) is 63.2 Å². The van der Waals surface area contributed by atoms with Crippen LogP contribution in [0.25, 0.3) is 0 Å². The molecular formula is C21H23N5O2. The SMILES string of the molecule is Cc1ccc(NC(=O)Cn2nnc(C(=O)Nc3c(C)cccc3C)c2C)cc1. The minimum absolute atomic E-state index is 0.0244. The van der Waals surface area contributed by atoms with Gasteiger partial charge in [-0.05, 0) is 51.0 Å². The molecule has 0 aliphatic heterocycles. The van der Waals surface area contributed by atoms with E-state index in [4.69, 9.17) is 0 Å². The number of anilines is 2. The van der Waals surface area contributed by atoms with Gasteiger partial charge in [0.2, 0.25) is 5.91 Å². The summed E-state index contributed by atoms with van der Waals surface area (Å²) in [7, 11) is 0. The molecule has 2 amide bonds. The molecule has 0 aliphatic rings. The summed E-state index contributed by atoms with van der Waals surface area (Å²) in [6, 6.07) is 13.3. The number of para-hydroxylation sites is 1. The fourth-order valence-electron chi connectivity index (χ4n) is 2.88. The predicted molar refractivity (Wildman–Crippen MR) is 108 cm³/mol. The Labute approximate surface area is 163 Å². The van der Waals surface area contributed by atoms with Crippen LogP contribution in [0.4, 0.5) is 11.4 Å². The van der Waals surface area contributed by atoms with Crippen molar-refractivity contribution in [2.24, 2.45) is 0 Å². The molecule has 2 N–H and O–H groups in total. The maximum Gasteiger partial charge on any atom is 0.278 e. The molecule has 144 valence electrons. The van der Waals surface area contributed by atoms with E-state index in [0.29, 0.717) is 11.4 Å². The average Bonchev–Trinajstić information content (AvgIpc) is 3.00. The van der Waals surface area contributed by atoms with Crippen molar-refractivity contribution in [2.75, 3.05) is 10.6 Å². The van der Waals surface area contributed by atoms with Crippen LogP contribution in [-0.2, 0) is 11.3 Å². The highest BCUT2D eigenvalue weighted by Crippen LogP contribution is 2.20. The van der Waals surface area contributed by atoms with E-state index in [0.717, 1.165) is 22.4 Å². The van der Waals surface area contributed by atoms with E-state index in [2.05, 4.69) is 20.9 Å². The van der Waals surface area contributed by atoms with Crippen molar-refractivity contribution in [3.05, 3.63) is 70.5 Å². The first-order valence-corrected chi connectivity index (χ1v) is 8.99. The first-order valence-electron chi connectivity index (χ1n) is 8.99. The third-order valence-electron chi connectivity index (χ3n) is 4.55. The molecule has 0 unspecified atom stereocenters. The van der Waals surface area contributed by atoms with Crippen molar-refractivity contribution in [3.8, 4) is 0 Å². The fraction of sp³-hybridized carbons (Fsp3) is 0.238. The number of nitrogens with zero attached hydrogens (tertiary/aromatic N) is 3. The normalized spacial score (nSPS) is 10.6. The van der Waals surface area contributed by atoms with Crippen LogP contribution in [0, 0.1) is 27.7 Å². The van der Waals surface area contributed by atoms with Crippen LogP contribution in [0.15, 0.2) is 42.5 Å². The van der Waals surface area contributed by atoms with Gasteiger partial charge in [-0.2, -0.15) is 0 Å². The highest BCUT2D eigenvalue weighted by molar-refractivity contribution is 6.04. The summed E-state index contributed by atoms with van der Waals surface area (Å²) in [4.78, 5) is 24.9. The minimum Gasteiger partial charge on any atom is -0.324 e. The Hall–Kier alpha value is -3.48. The fourth-order valence-corrected chi connectivity index (χ4v) is 2.88. The summed E-state index contributed by atoms with van der Waals surface area (Å²) in [6.45, 7) is 7.54. The second-order valence-electron chi connectivity index (χ2n) is 6.82. The zero-order chi connectivity index (χ0) is 20.3. The van der Waals surface area contributed by atoms with Crippen molar-refractivity contribution < 1.29 is 9.59 Å². The Kier molecular flexibility index (Phi) is 5.54. The van der Waals surface area contributed by atoms with Gasteiger partial charge < -0.3 is 10.6 Å². The lowest BCUT2D eigenvalue weighted by Crippen LogP contribution is -2.21. The quantitative estimate of drug-likeness (QED) is 0.713. The summed E-state index contributed by atoms with van der Waals surface area (Å²) in [5.41, 5.74) is 5.25. The van der Waals surface area contributed by atoms with E-state index >= 15 is 0 Å². The Morgan fingerprint density at radius 3 is 2.21 bits per heavy atom. The molecular weight excluding hydrogens is 354 g/mol. The Morgan fingerprint density at radius 1 is 0.929 bits per heavy atom. The Balaban J connectivity index is 1.70. The lowest BCUT2D eigenvalue weighted by molar-refractivity contribution is -0.117. The van der Waals surface area contributed by atoms with Gasteiger partial charge in [0.25, 0.3) is 5.91 Å². The molecule has 0 saturated carbocycles. The maximum absolute atomic E-state index is 12.6. The van der Waals surface area contributed by atoms with Crippen molar-refractivity contribution in [1.82, 2.24) is 15.0 Å². The summed E-state index contributed by atoms with van der Waals surface area (Å²) in [5, 5.41) is 13.6. The molecule has 0 fully saturated rings. The van der Waals surface area contributed by atoms with E-state index in [1.54, 1.807) is 6.92 Å². The predicted octanol–water partition coefficient (Wildman–Crippen LogP) is 3.40. The summed E-state index contributed by atoms with van der Waals surface area (Å²) < 4.78 is 1.42. The Bertz CT molecular complexity index is 1000. The van der Waals surface area contributed by atoms with E-state index in [-0.39, 0.29) is 24.1 Å². The van der Waals surface area contributed by atoms with Gasteiger partial charge in [-0.1, -0.05) is 41.1 Å². The van der Waals surface area contributed by atoms with Crippen LogP contribution < -0.4 is 10.6 Å². The van der Waals surface area contributed by atoms with E-state index in [1.165, 1.54) is 4.68 Å². The van der Waals surface area contributed by atoms with Crippen LogP contribution in [-0.4, -0.2) is 26.8 Å². The molecule has 7 heteroatoms. The second-order valence-corrected chi connectivity index (χ2v) is 6.82. The van der Waals surface area contributed by atoms with E-state index in [9.17, 15) is 9.59 Å². The molecule has 3 aromatic rings. The van der Waals surface area contributed by atoms with Crippen LogP contribution in [0.5, 0.6) is 0 Å². The van der Waals surface area contributed by atoms with Crippen molar-refractivity contribution in [1.29, 1.82) is 0 Å². The number of hydrogen-bond acceptors (Lipinski definition) is 4. The molecule has 0 radical (unpaired) electrons. The number of rotatable bonds is 5. The number of carbonyl (C=O) groups is 2. The molecule has 7 nitrogen and oxygen atoms in total. The van der Waals surface area contributed by atoms with Gasteiger partial charge in [-0.3, -0.25) is 9.59 Å². The standard InChI is InChI=1S/C21H23N5O2/c1-13-8-10-17(11-9-13)22-18(27)12-26-16(4)20(24-25-26)21(28)23-19-14(2)6-5-7-15(19)3/h5-11H,12H2,1-4H3,(H,22,27)(H,23,28). The first-order chi connectivity index (χ1) is 13.3. The number of carbonyl (C=O) groups excluding carboxylic acids is 2. The average molecular weight is 377 g/mol. The van der Waals surface area contributed by atoms with Crippen LogP contribution in [0.3, 0.4) is 0 Å². The third kappa shape index (κ3) is 4.25. The molecule has 0 aliphatic carbocycles. The van der Waals surface area contributed by atoms with E-state index < -0.39 is 0 Å². The van der Waals surface area contributed by atoms with Crippen LogP contribution in [0.2, 0.25) is 0 Å². The van der Waals surface area contributed by atoms with Gasteiger partial charge in [0.1, 0.15) is 6.54 Å². The highest BCUT2D eigenvalue weighted by atomic mass is 16.2. The second kappa shape index (κ2) is 8.04. The van der Waals surface area contributed by atoms with Crippen LogP contribution in [0.1, 0.15) is 32.9 Å². The summed E-state index contributed by atoms with van der Waals surface area (Å²) >= 11 is 0. The van der Waals surface area contributed by atoms with Gasteiger partial charge in [-0.25, -0.2) is 4.68 Å². The molecule has 1 aromatic heterocycles. The maximum atomic E-state index is 12.6.